The Hall–Kier alpha value is -3.06. The molecule has 1 aliphatic rings. The number of anilines is 1. The molecule has 0 saturated heterocycles. The van der Waals surface area contributed by atoms with E-state index in [0.29, 0.717) is 24.5 Å². The summed E-state index contributed by atoms with van der Waals surface area (Å²) in [6, 6.07) is 23.5. The number of halogens is 1. The molecule has 3 aromatic rings. The average Bonchev–Trinajstić information content (AvgIpc) is 2.88. The fourth-order valence-corrected chi connectivity index (χ4v) is 4.57. The van der Waals surface area contributed by atoms with E-state index in [1.54, 1.807) is 7.05 Å². The van der Waals surface area contributed by atoms with Crippen molar-refractivity contribution in [2.45, 2.75) is 58.1 Å². The maximum Gasteiger partial charge on any atom is 0.414 e. The minimum atomic E-state index is -0.670. The summed E-state index contributed by atoms with van der Waals surface area (Å²) in [6.07, 6.45) is 0.333. The van der Waals surface area contributed by atoms with Gasteiger partial charge in [-0.15, -0.1) is 12.4 Å². The monoisotopic (exact) mass is 510 g/mol. The quantitative estimate of drug-likeness (QED) is 0.400. The van der Waals surface area contributed by atoms with Crippen molar-refractivity contribution in [1.29, 1.82) is 0 Å². The molecule has 7 heteroatoms. The van der Waals surface area contributed by atoms with Crippen LogP contribution in [0.1, 0.15) is 48.6 Å². The zero-order valence-corrected chi connectivity index (χ0v) is 21.8. The number of hydrogen-bond acceptors (Lipinski definition) is 5. The predicted octanol–water partition coefficient (Wildman–Crippen LogP) is 5.81. The highest BCUT2D eigenvalue weighted by molar-refractivity contribution is 5.91. The molecule has 4 rings (SSSR count). The van der Waals surface area contributed by atoms with E-state index in [1.165, 1.54) is 4.90 Å². The molecule has 0 radical (unpaired) electrons. The van der Waals surface area contributed by atoms with Gasteiger partial charge >= 0.3 is 6.09 Å². The van der Waals surface area contributed by atoms with Crippen molar-refractivity contribution >= 4 is 24.2 Å². The number of ether oxygens (including phenoxy) is 2. The number of hydrogen-bond donors (Lipinski definition) is 2. The summed E-state index contributed by atoms with van der Waals surface area (Å²) >= 11 is 0. The molecule has 0 heterocycles. The van der Waals surface area contributed by atoms with E-state index < -0.39 is 12.2 Å². The van der Waals surface area contributed by atoms with Crippen LogP contribution in [0.15, 0.2) is 72.8 Å². The van der Waals surface area contributed by atoms with Crippen LogP contribution in [0, 0.1) is 0 Å². The zero-order valence-electron chi connectivity index (χ0n) is 21.0. The number of aliphatic hydroxyl groups excluding tert-OH is 1. The van der Waals surface area contributed by atoms with Gasteiger partial charge in [-0.2, -0.15) is 0 Å². The van der Waals surface area contributed by atoms with Crippen LogP contribution in [-0.4, -0.2) is 30.3 Å². The van der Waals surface area contributed by atoms with Crippen molar-refractivity contribution in [3.63, 3.8) is 0 Å². The maximum atomic E-state index is 13.1. The standard InChI is InChI=1S/C29H34N2O4.ClH/c1-20(2)30-25-16-14-23-24(28(25)32)15-17-26(34-18-21-10-6-4-7-11-21)27(23)31(3)29(33)35-19-22-12-8-5-9-13-22;/h4-13,15,17,20,25,28,30,32H,14,16,18-19H2,1-3H3;1H/t25-,28-;/m1./s1. The highest BCUT2D eigenvalue weighted by atomic mass is 35.5. The van der Waals surface area contributed by atoms with Crippen molar-refractivity contribution in [2.75, 3.05) is 11.9 Å². The highest BCUT2D eigenvalue weighted by Crippen LogP contribution is 2.42. The lowest BCUT2D eigenvalue weighted by Crippen LogP contribution is -2.42. The van der Waals surface area contributed by atoms with Gasteiger partial charge in [0.2, 0.25) is 0 Å². The zero-order chi connectivity index (χ0) is 24.8. The third-order valence-corrected chi connectivity index (χ3v) is 6.29. The van der Waals surface area contributed by atoms with Gasteiger partial charge in [-0.1, -0.05) is 80.6 Å². The molecule has 0 aromatic heterocycles. The van der Waals surface area contributed by atoms with Crippen LogP contribution in [-0.2, 0) is 24.4 Å². The third kappa shape index (κ3) is 6.58. The van der Waals surface area contributed by atoms with Gasteiger partial charge < -0.3 is 19.9 Å². The lowest BCUT2D eigenvalue weighted by molar-refractivity contribution is 0.110. The van der Waals surface area contributed by atoms with E-state index in [0.717, 1.165) is 28.7 Å². The smallest absolute Gasteiger partial charge is 0.414 e. The summed E-state index contributed by atoms with van der Waals surface area (Å²) in [5.41, 5.74) is 4.34. The number of carbonyl (C=O) groups is 1. The number of carbonyl (C=O) groups excluding carboxylic acids is 1. The van der Waals surface area contributed by atoms with Crippen molar-refractivity contribution in [3.8, 4) is 5.75 Å². The molecule has 0 spiro atoms. The maximum absolute atomic E-state index is 13.1. The Morgan fingerprint density at radius 1 is 1.00 bits per heavy atom. The van der Waals surface area contributed by atoms with Crippen LogP contribution < -0.4 is 15.0 Å². The molecule has 0 fully saturated rings. The Kier molecular flexibility index (Phi) is 9.76. The van der Waals surface area contributed by atoms with Gasteiger partial charge in [-0.25, -0.2) is 4.79 Å². The Bertz CT molecular complexity index is 1120. The minimum Gasteiger partial charge on any atom is -0.487 e. The lowest BCUT2D eigenvalue weighted by Gasteiger charge is -2.35. The molecule has 1 amide bonds. The minimum absolute atomic E-state index is 0. The Labute approximate surface area is 219 Å². The number of nitrogens with zero attached hydrogens (tertiary/aromatic N) is 1. The van der Waals surface area contributed by atoms with Gasteiger partial charge in [0.1, 0.15) is 19.0 Å². The Morgan fingerprint density at radius 2 is 1.61 bits per heavy atom. The molecule has 6 nitrogen and oxygen atoms in total. The Morgan fingerprint density at radius 3 is 2.22 bits per heavy atom. The summed E-state index contributed by atoms with van der Waals surface area (Å²) in [5, 5.41) is 14.6. The number of rotatable bonds is 8. The molecule has 3 aromatic carbocycles. The second kappa shape index (κ2) is 12.8. The van der Waals surface area contributed by atoms with Crippen LogP contribution in [0.5, 0.6) is 5.75 Å². The van der Waals surface area contributed by atoms with Gasteiger partial charge in [-0.05, 0) is 41.2 Å². The Balaban J connectivity index is 0.00000361. The summed E-state index contributed by atoms with van der Waals surface area (Å²) in [6.45, 7) is 4.71. The van der Waals surface area contributed by atoms with Crippen molar-refractivity contribution in [2.24, 2.45) is 0 Å². The lowest BCUT2D eigenvalue weighted by atomic mass is 9.84. The van der Waals surface area contributed by atoms with Gasteiger partial charge in [0.15, 0.2) is 0 Å². The van der Waals surface area contributed by atoms with Gasteiger partial charge in [-0.3, -0.25) is 4.90 Å². The largest absolute Gasteiger partial charge is 0.487 e. The second-order valence-electron chi connectivity index (χ2n) is 9.26. The molecular formula is C29H35ClN2O4. The summed E-state index contributed by atoms with van der Waals surface area (Å²) in [4.78, 5) is 14.6. The topological polar surface area (TPSA) is 71.0 Å². The van der Waals surface area contributed by atoms with Crippen molar-refractivity contribution in [3.05, 3.63) is 95.1 Å². The molecule has 0 unspecified atom stereocenters. The number of aliphatic hydroxyl groups is 1. The van der Waals surface area contributed by atoms with Gasteiger partial charge in [0, 0.05) is 19.1 Å². The normalized spacial score (nSPS) is 16.6. The van der Waals surface area contributed by atoms with Crippen LogP contribution in [0.3, 0.4) is 0 Å². The molecule has 2 atom stereocenters. The molecule has 0 bridgehead atoms. The summed E-state index contributed by atoms with van der Waals surface area (Å²) in [7, 11) is 1.70. The summed E-state index contributed by atoms with van der Waals surface area (Å²) in [5.74, 6) is 0.592. The first-order valence-electron chi connectivity index (χ1n) is 12.1. The van der Waals surface area contributed by atoms with E-state index in [-0.39, 0.29) is 31.1 Å². The fourth-order valence-electron chi connectivity index (χ4n) is 4.57. The average molecular weight is 511 g/mol. The van der Waals surface area contributed by atoms with E-state index in [4.69, 9.17) is 9.47 Å². The van der Waals surface area contributed by atoms with Crippen molar-refractivity contribution in [1.82, 2.24) is 5.32 Å². The van der Waals surface area contributed by atoms with E-state index in [2.05, 4.69) is 19.2 Å². The number of fused-ring (bicyclic) bond motifs is 1. The van der Waals surface area contributed by atoms with E-state index >= 15 is 0 Å². The van der Waals surface area contributed by atoms with Gasteiger partial charge in [0.05, 0.1) is 11.8 Å². The first-order valence-corrected chi connectivity index (χ1v) is 12.1. The second-order valence-corrected chi connectivity index (χ2v) is 9.26. The number of benzene rings is 3. The highest BCUT2D eigenvalue weighted by Gasteiger charge is 2.33. The number of amides is 1. The van der Waals surface area contributed by atoms with Gasteiger partial charge in [0.25, 0.3) is 0 Å². The summed E-state index contributed by atoms with van der Waals surface area (Å²) < 4.78 is 11.8. The van der Waals surface area contributed by atoms with E-state index in [1.807, 2.05) is 72.8 Å². The molecule has 2 N–H and O–H groups in total. The van der Waals surface area contributed by atoms with Crippen LogP contribution in [0.4, 0.5) is 10.5 Å². The van der Waals surface area contributed by atoms with Crippen molar-refractivity contribution < 1.29 is 19.4 Å². The molecule has 192 valence electrons. The van der Waals surface area contributed by atoms with Crippen LogP contribution in [0.25, 0.3) is 0 Å². The first kappa shape index (κ1) is 27.5. The fraction of sp³-hybridized carbons (Fsp3) is 0.345. The van der Waals surface area contributed by atoms with Crippen LogP contribution >= 0.6 is 12.4 Å². The predicted molar refractivity (Wildman–Crippen MR) is 145 cm³/mol. The van der Waals surface area contributed by atoms with E-state index in [9.17, 15) is 9.90 Å². The molecule has 1 aliphatic carbocycles. The van der Waals surface area contributed by atoms with Crippen LogP contribution in [0.2, 0.25) is 0 Å². The SMILES string of the molecule is CC(C)N[C@@H]1CCc2c(ccc(OCc3ccccc3)c2N(C)C(=O)OCc2ccccc2)[C@H]1O.Cl. The first-order chi connectivity index (χ1) is 16.9. The molecule has 36 heavy (non-hydrogen) atoms. The molecular weight excluding hydrogens is 476 g/mol. The molecule has 0 aliphatic heterocycles. The number of nitrogens with one attached hydrogen (secondary N) is 1. The third-order valence-electron chi connectivity index (χ3n) is 6.29. The molecule has 0 saturated carbocycles.